The average Bonchev–Trinajstić information content (AvgIpc) is 2.33. The number of nitrogens with one attached hydrogen (secondary N) is 1. The Bertz CT molecular complexity index is 407. The third-order valence-corrected chi connectivity index (χ3v) is 2.92. The molecule has 0 bridgehead atoms. The van der Waals surface area contributed by atoms with Gasteiger partial charge in [0, 0.05) is 18.3 Å². The number of rotatable bonds is 5. The van der Waals surface area contributed by atoms with Crippen LogP contribution in [-0.2, 0) is 16.7 Å². The predicted molar refractivity (Wildman–Crippen MR) is 66.2 cm³/mol. The third-order valence-electron chi connectivity index (χ3n) is 2.27. The smallest absolute Gasteiger partial charge is 0.352 e. The highest BCUT2D eigenvalue weighted by atomic mass is 79.9. The van der Waals surface area contributed by atoms with Crippen molar-refractivity contribution in [2.45, 2.75) is 30.9 Å². The van der Waals surface area contributed by atoms with Crippen molar-refractivity contribution in [3.8, 4) is 0 Å². The molecule has 0 unspecified atom stereocenters. The zero-order chi connectivity index (χ0) is 13.6. The number of carbonyl (C=O) groups excluding carboxylic acids is 1. The summed E-state index contributed by atoms with van der Waals surface area (Å²) >= 11 is 3.31. The van der Waals surface area contributed by atoms with Gasteiger partial charge in [-0.2, -0.15) is 13.2 Å². The molecule has 0 aliphatic heterocycles. The molecule has 0 saturated carbocycles. The Labute approximate surface area is 112 Å². The minimum atomic E-state index is -4.28. The van der Waals surface area contributed by atoms with E-state index in [1.165, 1.54) is 0 Å². The predicted octanol–water partition coefficient (Wildman–Crippen LogP) is 3.54. The van der Waals surface area contributed by atoms with Gasteiger partial charge < -0.3 is 5.32 Å². The normalized spacial score (nSPS) is 11.3. The van der Waals surface area contributed by atoms with Crippen LogP contribution in [-0.4, -0.2) is 12.1 Å². The van der Waals surface area contributed by atoms with Crippen molar-refractivity contribution in [1.29, 1.82) is 0 Å². The van der Waals surface area contributed by atoms with Crippen molar-refractivity contribution in [1.82, 2.24) is 5.32 Å². The van der Waals surface area contributed by atoms with Crippen molar-refractivity contribution in [2.24, 2.45) is 0 Å². The quantitative estimate of drug-likeness (QED) is 0.825. The monoisotopic (exact) mass is 323 g/mol. The summed E-state index contributed by atoms with van der Waals surface area (Å²) in [6.45, 7) is 0.248. The summed E-state index contributed by atoms with van der Waals surface area (Å²) in [5, 5.41) is 3.17. The van der Waals surface area contributed by atoms with Crippen LogP contribution in [0.1, 0.15) is 24.0 Å². The van der Waals surface area contributed by atoms with Crippen molar-refractivity contribution in [3.63, 3.8) is 0 Å². The minimum Gasteiger partial charge on any atom is -0.352 e. The topological polar surface area (TPSA) is 29.1 Å². The molecule has 1 aromatic rings. The van der Waals surface area contributed by atoms with Crippen LogP contribution in [0.25, 0.3) is 0 Å². The maximum atomic E-state index is 11.9. The van der Waals surface area contributed by atoms with Gasteiger partial charge in [-0.05, 0) is 11.1 Å². The fourth-order valence-corrected chi connectivity index (χ4v) is 1.72. The summed E-state index contributed by atoms with van der Waals surface area (Å²) in [6, 6.07) is 7.46. The second-order valence-electron chi connectivity index (χ2n) is 3.85. The molecule has 18 heavy (non-hydrogen) atoms. The summed E-state index contributed by atoms with van der Waals surface area (Å²) in [4.78, 5) is 11.2. The van der Waals surface area contributed by atoms with E-state index in [1.54, 1.807) is 0 Å². The standard InChI is InChI=1S/C12H13BrF3NO/c13-7-9-2-1-3-10(6-9)8-17-11(18)4-5-12(14,15)16/h1-3,6H,4-5,7-8H2,(H,17,18). The first kappa shape index (κ1) is 15.0. The van der Waals surface area contributed by atoms with Crippen molar-refractivity contribution in [2.75, 3.05) is 0 Å². The Hall–Kier alpha value is -1.04. The molecule has 6 heteroatoms. The van der Waals surface area contributed by atoms with Gasteiger partial charge in [-0.1, -0.05) is 40.2 Å². The van der Waals surface area contributed by atoms with Gasteiger partial charge in [0.1, 0.15) is 0 Å². The Kier molecular flexibility index (Phi) is 5.65. The van der Waals surface area contributed by atoms with Crippen molar-refractivity contribution >= 4 is 21.8 Å². The van der Waals surface area contributed by atoms with Gasteiger partial charge >= 0.3 is 6.18 Å². The van der Waals surface area contributed by atoms with Gasteiger partial charge in [-0.3, -0.25) is 4.79 Å². The summed E-state index contributed by atoms with van der Waals surface area (Å²) < 4.78 is 35.7. The Morgan fingerprint density at radius 3 is 2.56 bits per heavy atom. The minimum absolute atomic E-state index is 0.248. The molecule has 1 N–H and O–H groups in total. The molecular formula is C12H13BrF3NO. The fraction of sp³-hybridized carbons (Fsp3) is 0.417. The number of halogens is 4. The van der Waals surface area contributed by atoms with Crippen molar-refractivity contribution < 1.29 is 18.0 Å². The molecule has 0 saturated heterocycles. The highest BCUT2D eigenvalue weighted by molar-refractivity contribution is 9.08. The summed E-state index contributed by atoms with van der Waals surface area (Å²) in [5.41, 5.74) is 1.92. The van der Waals surface area contributed by atoms with E-state index in [0.29, 0.717) is 5.33 Å². The Morgan fingerprint density at radius 1 is 1.28 bits per heavy atom. The molecule has 0 aromatic heterocycles. The van der Waals surface area contributed by atoms with Crippen LogP contribution >= 0.6 is 15.9 Å². The van der Waals surface area contributed by atoms with Crippen LogP contribution in [0.4, 0.5) is 13.2 Å². The molecule has 100 valence electrons. The average molecular weight is 324 g/mol. The second-order valence-corrected chi connectivity index (χ2v) is 4.41. The van der Waals surface area contributed by atoms with Gasteiger partial charge in [0.25, 0.3) is 0 Å². The highest BCUT2D eigenvalue weighted by Gasteiger charge is 2.27. The number of benzene rings is 1. The van der Waals surface area contributed by atoms with Crippen LogP contribution in [0, 0.1) is 0 Å². The molecular weight excluding hydrogens is 311 g/mol. The van der Waals surface area contributed by atoms with Crippen LogP contribution in [0.3, 0.4) is 0 Å². The largest absolute Gasteiger partial charge is 0.389 e. The van der Waals surface area contributed by atoms with Gasteiger partial charge in [0.15, 0.2) is 0 Å². The number of amides is 1. The van der Waals surface area contributed by atoms with Gasteiger partial charge in [-0.25, -0.2) is 0 Å². The van der Waals surface area contributed by atoms with E-state index in [-0.39, 0.29) is 6.54 Å². The summed E-state index contributed by atoms with van der Waals surface area (Å²) in [7, 11) is 0. The zero-order valence-corrected chi connectivity index (χ0v) is 11.1. The third kappa shape index (κ3) is 6.05. The van der Waals surface area contributed by atoms with Gasteiger partial charge in [0.2, 0.25) is 5.91 Å². The summed E-state index contributed by atoms with van der Waals surface area (Å²) in [5.74, 6) is -0.587. The Morgan fingerprint density at radius 2 is 1.94 bits per heavy atom. The zero-order valence-electron chi connectivity index (χ0n) is 9.56. The second kappa shape index (κ2) is 6.78. The molecule has 0 aliphatic carbocycles. The molecule has 0 fully saturated rings. The molecule has 0 radical (unpaired) electrons. The van der Waals surface area contributed by atoms with Crippen LogP contribution in [0.5, 0.6) is 0 Å². The molecule has 2 nitrogen and oxygen atoms in total. The molecule has 0 aliphatic rings. The number of alkyl halides is 4. The lowest BCUT2D eigenvalue weighted by Gasteiger charge is -2.08. The van der Waals surface area contributed by atoms with Gasteiger partial charge in [-0.15, -0.1) is 0 Å². The molecule has 0 atom stereocenters. The van der Waals surface area contributed by atoms with Crippen LogP contribution < -0.4 is 5.32 Å². The van der Waals surface area contributed by atoms with E-state index in [9.17, 15) is 18.0 Å². The lowest BCUT2D eigenvalue weighted by Crippen LogP contribution is -2.24. The van der Waals surface area contributed by atoms with E-state index >= 15 is 0 Å². The van der Waals surface area contributed by atoms with Crippen molar-refractivity contribution in [3.05, 3.63) is 35.4 Å². The van der Waals surface area contributed by atoms with E-state index in [1.807, 2.05) is 24.3 Å². The Balaban J connectivity index is 2.38. The first-order valence-electron chi connectivity index (χ1n) is 5.38. The fourth-order valence-electron chi connectivity index (χ4n) is 1.37. The van der Waals surface area contributed by atoms with E-state index in [0.717, 1.165) is 11.1 Å². The molecule has 0 heterocycles. The van der Waals surface area contributed by atoms with Gasteiger partial charge in [0.05, 0.1) is 6.42 Å². The number of carbonyl (C=O) groups is 1. The van der Waals surface area contributed by atoms with E-state index in [4.69, 9.17) is 0 Å². The number of hydrogen-bond acceptors (Lipinski definition) is 1. The molecule has 1 aromatic carbocycles. The van der Waals surface area contributed by atoms with Crippen LogP contribution in [0.15, 0.2) is 24.3 Å². The lowest BCUT2D eigenvalue weighted by molar-refractivity contribution is -0.144. The lowest BCUT2D eigenvalue weighted by atomic mass is 10.1. The highest BCUT2D eigenvalue weighted by Crippen LogP contribution is 2.21. The van der Waals surface area contributed by atoms with E-state index < -0.39 is 24.9 Å². The maximum Gasteiger partial charge on any atom is 0.389 e. The first-order valence-corrected chi connectivity index (χ1v) is 6.50. The summed E-state index contributed by atoms with van der Waals surface area (Å²) in [6.07, 6.45) is -5.89. The molecule has 1 amide bonds. The van der Waals surface area contributed by atoms with Crippen LogP contribution in [0.2, 0.25) is 0 Å². The first-order chi connectivity index (χ1) is 8.40. The SMILES string of the molecule is O=C(CCC(F)(F)F)NCc1cccc(CBr)c1. The molecule has 1 rings (SSSR count). The molecule has 0 spiro atoms. The maximum absolute atomic E-state index is 11.9. The number of hydrogen-bond donors (Lipinski definition) is 1. The van der Waals surface area contributed by atoms with E-state index in [2.05, 4.69) is 21.2 Å².